The summed E-state index contributed by atoms with van der Waals surface area (Å²) in [5.41, 5.74) is 1.65. The van der Waals surface area contributed by atoms with E-state index in [1.165, 1.54) is 12.1 Å². The molecule has 0 amide bonds. The van der Waals surface area contributed by atoms with E-state index in [0.717, 1.165) is 11.1 Å². The number of rotatable bonds is 2. The molecule has 0 aromatic heterocycles. The number of hydrogen-bond acceptors (Lipinski definition) is 3. The second kappa shape index (κ2) is 4.12. The molecule has 0 bridgehead atoms. The number of carboxylic acids is 1. The van der Waals surface area contributed by atoms with Crippen LogP contribution in [0.4, 0.5) is 0 Å². The summed E-state index contributed by atoms with van der Waals surface area (Å²) in [6, 6.07) is 4.30. The monoisotopic (exact) mass is 256 g/mol. The first-order valence-electron chi connectivity index (χ1n) is 5.20. The number of fused-ring (bicyclic) bond motifs is 1. The van der Waals surface area contributed by atoms with Gasteiger partial charge in [-0.3, -0.25) is 9.35 Å². The van der Waals surface area contributed by atoms with Crippen molar-refractivity contribution in [2.45, 2.75) is 24.2 Å². The summed E-state index contributed by atoms with van der Waals surface area (Å²) in [5.74, 6) is -1.23. The fraction of sp³-hybridized carbons (Fsp3) is 0.364. The molecule has 0 saturated heterocycles. The number of hydrogen-bond donors (Lipinski definition) is 2. The average molecular weight is 256 g/mol. The Labute approximate surface area is 98.8 Å². The minimum atomic E-state index is -4.18. The molecule has 1 unspecified atom stereocenters. The number of carboxylic acid groups (broad SMARTS) is 1. The van der Waals surface area contributed by atoms with Crippen LogP contribution < -0.4 is 0 Å². The SMILES string of the molecule is O=C(O)C1CCc2cc(S(=O)(=O)O)ccc2C1. The Bertz CT molecular complexity index is 561. The van der Waals surface area contributed by atoms with Gasteiger partial charge in [0.1, 0.15) is 0 Å². The topological polar surface area (TPSA) is 91.7 Å². The summed E-state index contributed by atoms with van der Waals surface area (Å²) in [6.07, 6.45) is 1.43. The van der Waals surface area contributed by atoms with Crippen molar-refractivity contribution < 1.29 is 22.9 Å². The van der Waals surface area contributed by atoms with Crippen LogP contribution in [0.1, 0.15) is 17.5 Å². The minimum absolute atomic E-state index is 0.134. The summed E-state index contributed by atoms with van der Waals surface area (Å²) in [6.45, 7) is 0. The molecule has 2 rings (SSSR count). The minimum Gasteiger partial charge on any atom is -0.481 e. The van der Waals surface area contributed by atoms with Crippen LogP contribution in [-0.4, -0.2) is 24.0 Å². The third-order valence-electron chi connectivity index (χ3n) is 3.05. The number of carbonyl (C=O) groups is 1. The summed E-state index contributed by atoms with van der Waals surface area (Å²) < 4.78 is 30.8. The Kier molecular flexibility index (Phi) is 2.92. The van der Waals surface area contributed by atoms with Gasteiger partial charge in [0.05, 0.1) is 10.8 Å². The first kappa shape index (κ1) is 12.1. The number of aryl methyl sites for hydroxylation is 1. The summed E-state index contributed by atoms with van der Waals surface area (Å²) >= 11 is 0. The van der Waals surface area contributed by atoms with E-state index in [4.69, 9.17) is 9.66 Å². The highest BCUT2D eigenvalue weighted by Crippen LogP contribution is 2.27. The Morgan fingerprint density at radius 1 is 1.29 bits per heavy atom. The van der Waals surface area contributed by atoms with Gasteiger partial charge in [-0.15, -0.1) is 0 Å². The van der Waals surface area contributed by atoms with Crippen LogP contribution in [0.2, 0.25) is 0 Å². The molecule has 5 nitrogen and oxygen atoms in total. The molecular formula is C11H12O5S. The molecule has 0 saturated carbocycles. The highest BCUT2D eigenvalue weighted by molar-refractivity contribution is 7.85. The van der Waals surface area contributed by atoms with Gasteiger partial charge >= 0.3 is 5.97 Å². The van der Waals surface area contributed by atoms with Gasteiger partial charge in [0.2, 0.25) is 0 Å². The van der Waals surface area contributed by atoms with E-state index in [0.29, 0.717) is 19.3 Å². The standard InChI is InChI=1S/C11H12O5S/c12-11(13)9-2-1-8-6-10(17(14,15)16)4-3-7(8)5-9/h3-4,6,9H,1-2,5H2,(H,12,13)(H,14,15,16). The maximum Gasteiger partial charge on any atom is 0.306 e. The van der Waals surface area contributed by atoms with Gasteiger partial charge in [0.15, 0.2) is 0 Å². The van der Waals surface area contributed by atoms with E-state index in [1.54, 1.807) is 6.07 Å². The molecular weight excluding hydrogens is 244 g/mol. The molecule has 1 aromatic carbocycles. The van der Waals surface area contributed by atoms with Gasteiger partial charge in [0.25, 0.3) is 10.1 Å². The van der Waals surface area contributed by atoms with Crippen molar-refractivity contribution in [3.05, 3.63) is 29.3 Å². The number of benzene rings is 1. The molecule has 6 heteroatoms. The lowest BCUT2D eigenvalue weighted by Gasteiger charge is -2.21. The molecule has 1 aliphatic rings. The zero-order chi connectivity index (χ0) is 12.6. The normalized spacial score (nSPS) is 19.7. The van der Waals surface area contributed by atoms with Gasteiger partial charge in [-0.1, -0.05) is 6.07 Å². The lowest BCUT2D eigenvalue weighted by molar-refractivity contribution is -0.142. The maximum absolute atomic E-state index is 11.0. The van der Waals surface area contributed by atoms with E-state index >= 15 is 0 Å². The van der Waals surface area contributed by atoms with Crippen molar-refractivity contribution in [2.24, 2.45) is 5.92 Å². The third kappa shape index (κ3) is 2.48. The largest absolute Gasteiger partial charge is 0.481 e. The maximum atomic E-state index is 11.0. The first-order valence-corrected chi connectivity index (χ1v) is 6.64. The van der Waals surface area contributed by atoms with E-state index < -0.39 is 22.0 Å². The Balaban J connectivity index is 2.35. The average Bonchev–Trinajstić information content (AvgIpc) is 2.26. The van der Waals surface area contributed by atoms with Gasteiger partial charge in [-0.05, 0) is 42.5 Å². The smallest absolute Gasteiger partial charge is 0.306 e. The van der Waals surface area contributed by atoms with Crippen LogP contribution in [0.5, 0.6) is 0 Å². The quantitative estimate of drug-likeness (QED) is 0.774. The second-order valence-electron chi connectivity index (χ2n) is 4.18. The van der Waals surface area contributed by atoms with E-state index in [9.17, 15) is 13.2 Å². The summed E-state index contributed by atoms with van der Waals surface area (Å²) in [7, 11) is -4.18. The lowest BCUT2D eigenvalue weighted by atomic mass is 9.84. The van der Waals surface area contributed by atoms with Crippen molar-refractivity contribution in [3.63, 3.8) is 0 Å². The predicted molar refractivity (Wildman–Crippen MR) is 59.4 cm³/mol. The highest BCUT2D eigenvalue weighted by atomic mass is 32.2. The second-order valence-corrected chi connectivity index (χ2v) is 5.61. The molecule has 2 N–H and O–H groups in total. The Morgan fingerprint density at radius 2 is 2.00 bits per heavy atom. The Morgan fingerprint density at radius 3 is 2.59 bits per heavy atom. The highest BCUT2D eigenvalue weighted by Gasteiger charge is 2.25. The van der Waals surface area contributed by atoms with E-state index in [1.807, 2.05) is 0 Å². The van der Waals surface area contributed by atoms with Crippen LogP contribution in [0.15, 0.2) is 23.1 Å². The molecule has 1 aromatic rings. The van der Waals surface area contributed by atoms with Gasteiger partial charge in [-0.25, -0.2) is 0 Å². The molecule has 0 radical (unpaired) electrons. The third-order valence-corrected chi connectivity index (χ3v) is 3.90. The van der Waals surface area contributed by atoms with E-state index in [2.05, 4.69) is 0 Å². The molecule has 1 atom stereocenters. The molecule has 0 spiro atoms. The van der Waals surface area contributed by atoms with Crippen LogP contribution in [0, 0.1) is 5.92 Å². The van der Waals surface area contributed by atoms with Crippen LogP contribution in [0.3, 0.4) is 0 Å². The van der Waals surface area contributed by atoms with Crippen molar-refractivity contribution >= 4 is 16.1 Å². The van der Waals surface area contributed by atoms with E-state index in [-0.39, 0.29) is 4.90 Å². The van der Waals surface area contributed by atoms with Gasteiger partial charge in [0, 0.05) is 0 Å². The van der Waals surface area contributed by atoms with Crippen molar-refractivity contribution in [1.82, 2.24) is 0 Å². The van der Waals surface area contributed by atoms with Crippen molar-refractivity contribution in [1.29, 1.82) is 0 Å². The molecule has 92 valence electrons. The predicted octanol–water partition coefficient (Wildman–Crippen LogP) is 1.12. The van der Waals surface area contributed by atoms with Crippen LogP contribution >= 0.6 is 0 Å². The molecule has 1 aliphatic carbocycles. The lowest BCUT2D eigenvalue weighted by Crippen LogP contribution is -2.22. The zero-order valence-electron chi connectivity index (χ0n) is 8.96. The van der Waals surface area contributed by atoms with Crippen LogP contribution in [0.25, 0.3) is 0 Å². The molecule has 0 fully saturated rings. The molecule has 17 heavy (non-hydrogen) atoms. The molecule has 0 heterocycles. The fourth-order valence-corrected chi connectivity index (χ4v) is 2.63. The van der Waals surface area contributed by atoms with Crippen molar-refractivity contribution in [2.75, 3.05) is 0 Å². The Hall–Kier alpha value is -1.40. The summed E-state index contributed by atoms with van der Waals surface area (Å²) in [4.78, 5) is 10.7. The van der Waals surface area contributed by atoms with Gasteiger partial charge in [-0.2, -0.15) is 8.42 Å². The fourth-order valence-electron chi connectivity index (χ4n) is 2.10. The molecule has 0 aliphatic heterocycles. The van der Waals surface area contributed by atoms with Crippen LogP contribution in [-0.2, 0) is 27.8 Å². The van der Waals surface area contributed by atoms with Crippen molar-refractivity contribution in [3.8, 4) is 0 Å². The van der Waals surface area contributed by atoms with Gasteiger partial charge < -0.3 is 5.11 Å². The zero-order valence-corrected chi connectivity index (χ0v) is 9.77. The first-order chi connectivity index (χ1) is 7.88. The number of aliphatic carboxylic acids is 1. The summed E-state index contributed by atoms with van der Waals surface area (Å²) in [5, 5.41) is 8.91.